The number of nitrogens with zero attached hydrogens (tertiary/aromatic N) is 1. The number of carbonyl (C=O) groups is 1. The zero-order valence-corrected chi connectivity index (χ0v) is 22.8. The van der Waals surface area contributed by atoms with Gasteiger partial charge in [0.15, 0.2) is 16.9 Å². The third-order valence-electron chi connectivity index (χ3n) is 7.30. The van der Waals surface area contributed by atoms with Crippen LogP contribution in [0.4, 0.5) is 4.39 Å². The van der Waals surface area contributed by atoms with Crippen molar-refractivity contribution in [2.45, 2.75) is 46.7 Å². The first-order chi connectivity index (χ1) is 18.7. The molecule has 1 aliphatic rings. The Morgan fingerprint density at radius 3 is 2.38 bits per heavy atom. The zero-order valence-electron chi connectivity index (χ0n) is 22.8. The van der Waals surface area contributed by atoms with Crippen LogP contribution in [0.2, 0.25) is 0 Å². The SMILES string of the molecule is COc1cc(C2c3c(oc4cc(C)c(C)cc4c3=O)C(=O)N2Cc2ccc(F)cc2)ccc1OCCC(C)C. The number of amides is 1. The number of rotatable bonds is 8. The van der Waals surface area contributed by atoms with Crippen molar-refractivity contribution in [1.29, 1.82) is 0 Å². The molecule has 1 atom stereocenters. The lowest BCUT2D eigenvalue weighted by molar-refractivity contribution is 0.0714. The van der Waals surface area contributed by atoms with E-state index in [2.05, 4.69) is 13.8 Å². The number of halogens is 1. The molecule has 0 aliphatic carbocycles. The molecule has 7 heteroatoms. The molecule has 39 heavy (non-hydrogen) atoms. The quantitative estimate of drug-likeness (QED) is 0.253. The van der Waals surface area contributed by atoms with Gasteiger partial charge in [0.2, 0.25) is 5.76 Å². The van der Waals surface area contributed by atoms with Crippen LogP contribution < -0.4 is 14.9 Å². The van der Waals surface area contributed by atoms with Gasteiger partial charge in [-0.1, -0.05) is 32.0 Å². The highest BCUT2D eigenvalue weighted by Gasteiger charge is 2.43. The normalized spacial score (nSPS) is 14.8. The van der Waals surface area contributed by atoms with Crippen molar-refractivity contribution in [3.8, 4) is 11.5 Å². The molecule has 0 fully saturated rings. The van der Waals surface area contributed by atoms with Gasteiger partial charge < -0.3 is 18.8 Å². The number of aryl methyl sites for hydroxylation is 2. The fourth-order valence-corrected chi connectivity index (χ4v) is 4.95. The summed E-state index contributed by atoms with van der Waals surface area (Å²) in [6.07, 6.45) is 0.897. The molecule has 1 unspecified atom stereocenters. The average Bonchev–Trinajstić information content (AvgIpc) is 3.18. The summed E-state index contributed by atoms with van der Waals surface area (Å²) >= 11 is 0. The molecule has 6 nitrogen and oxygen atoms in total. The topological polar surface area (TPSA) is 69.0 Å². The molecule has 0 radical (unpaired) electrons. The van der Waals surface area contributed by atoms with Crippen LogP contribution in [0, 0.1) is 25.6 Å². The van der Waals surface area contributed by atoms with Gasteiger partial charge in [-0.15, -0.1) is 0 Å². The number of benzene rings is 3. The summed E-state index contributed by atoms with van der Waals surface area (Å²) in [5, 5.41) is 0.430. The number of ether oxygens (including phenoxy) is 2. The fourth-order valence-electron chi connectivity index (χ4n) is 4.95. The molecular weight excluding hydrogens is 497 g/mol. The van der Waals surface area contributed by atoms with E-state index in [4.69, 9.17) is 13.9 Å². The molecule has 0 bridgehead atoms. The van der Waals surface area contributed by atoms with E-state index in [0.29, 0.717) is 40.6 Å². The Labute approximate surface area is 227 Å². The summed E-state index contributed by atoms with van der Waals surface area (Å²) in [6.45, 7) is 8.84. The van der Waals surface area contributed by atoms with E-state index in [1.807, 2.05) is 32.0 Å². The van der Waals surface area contributed by atoms with Crippen LogP contribution in [0.5, 0.6) is 11.5 Å². The lowest BCUT2D eigenvalue weighted by atomic mass is 9.97. The lowest BCUT2D eigenvalue weighted by Crippen LogP contribution is -2.29. The Kier molecular flexibility index (Phi) is 7.17. The molecule has 3 aromatic carbocycles. The first-order valence-electron chi connectivity index (χ1n) is 13.1. The second kappa shape index (κ2) is 10.6. The minimum absolute atomic E-state index is 0.0269. The third kappa shape index (κ3) is 5.01. The van der Waals surface area contributed by atoms with E-state index >= 15 is 0 Å². The minimum atomic E-state index is -0.724. The maximum Gasteiger partial charge on any atom is 0.291 e. The molecule has 0 saturated heterocycles. The van der Waals surface area contributed by atoms with Gasteiger partial charge in [-0.3, -0.25) is 9.59 Å². The molecule has 202 valence electrons. The highest BCUT2D eigenvalue weighted by atomic mass is 19.1. The molecule has 1 amide bonds. The van der Waals surface area contributed by atoms with Gasteiger partial charge in [-0.25, -0.2) is 4.39 Å². The van der Waals surface area contributed by atoms with Crippen LogP contribution in [-0.2, 0) is 6.54 Å². The molecular formula is C32H32FNO5. The summed E-state index contributed by atoms with van der Waals surface area (Å²) in [7, 11) is 1.56. The Bertz CT molecular complexity index is 1610. The summed E-state index contributed by atoms with van der Waals surface area (Å²) in [4.78, 5) is 29.3. The molecule has 0 N–H and O–H groups in total. The van der Waals surface area contributed by atoms with Crippen LogP contribution >= 0.6 is 0 Å². The molecule has 4 aromatic rings. The smallest absolute Gasteiger partial charge is 0.291 e. The second-order valence-electron chi connectivity index (χ2n) is 10.5. The van der Waals surface area contributed by atoms with Crippen molar-refractivity contribution in [3.05, 3.63) is 104 Å². The highest BCUT2D eigenvalue weighted by molar-refractivity contribution is 5.99. The number of methoxy groups -OCH3 is 1. The Hall–Kier alpha value is -4.13. The number of hydrogen-bond donors (Lipinski definition) is 0. The number of hydrogen-bond acceptors (Lipinski definition) is 5. The first kappa shape index (κ1) is 26.5. The zero-order chi connectivity index (χ0) is 27.8. The van der Waals surface area contributed by atoms with Crippen LogP contribution in [0.15, 0.2) is 63.8 Å². The Balaban J connectivity index is 1.65. The van der Waals surface area contributed by atoms with Crippen molar-refractivity contribution < 1.29 is 23.1 Å². The van der Waals surface area contributed by atoms with Crippen molar-refractivity contribution >= 4 is 16.9 Å². The highest BCUT2D eigenvalue weighted by Crippen LogP contribution is 2.42. The van der Waals surface area contributed by atoms with Crippen molar-refractivity contribution in [1.82, 2.24) is 4.90 Å². The predicted molar refractivity (Wildman–Crippen MR) is 148 cm³/mol. The third-order valence-corrected chi connectivity index (χ3v) is 7.30. The standard InChI is InChI=1S/C32H32FNO5/c1-18(2)12-13-38-25-11-8-22(16-27(25)37-5)29-28-30(35)24-14-19(3)20(4)15-26(24)39-31(28)32(36)34(29)17-21-6-9-23(33)10-7-21/h6-11,14-16,18,29H,12-13,17H2,1-5H3. The number of carbonyl (C=O) groups excluding carboxylic acids is 1. The second-order valence-corrected chi connectivity index (χ2v) is 10.5. The summed E-state index contributed by atoms with van der Waals surface area (Å²) in [5.41, 5.74) is 3.76. The maximum absolute atomic E-state index is 13.9. The lowest BCUT2D eigenvalue weighted by Gasteiger charge is -2.26. The molecule has 5 rings (SSSR count). The van der Waals surface area contributed by atoms with Gasteiger partial charge in [0, 0.05) is 6.54 Å². The van der Waals surface area contributed by atoms with Gasteiger partial charge in [-0.05, 0) is 84.8 Å². The fraction of sp³-hybridized carbons (Fsp3) is 0.312. The summed E-state index contributed by atoms with van der Waals surface area (Å²) in [5.74, 6) is 0.867. The summed E-state index contributed by atoms with van der Waals surface area (Å²) in [6, 6.07) is 14.3. The van der Waals surface area contributed by atoms with E-state index in [1.165, 1.54) is 12.1 Å². The predicted octanol–water partition coefficient (Wildman–Crippen LogP) is 6.73. The first-order valence-corrected chi connectivity index (χ1v) is 13.1. The van der Waals surface area contributed by atoms with E-state index < -0.39 is 11.9 Å². The van der Waals surface area contributed by atoms with Crippen molar-refractivity contribution in [2.75, 3.05) is 13.7 Å². The van der Waals surface area contributed by atoms with E-state index in [1.54, 1.807) is 36.3 Å². The summed E-state index contributed by atoms with van der Waals surface area (Å²) < 4.78 is 31.3. The minimum Gasteiger partial charge on any atom is -0.493 e. The Morgan fingerprint density at radius 1 is 0.974 bits per heavy atom. The maximum atomic E-state index is 13.9. The molecule has 0 spiro atoms. The van der Waals surface area contributed by atoms with Gasteiger partial charge in [0.05, 0.1) is 30.7 Å². The molecule has 1 aliphatic heterocycles. The van der Waals surface area contributed by atoms with Gasteiger partial charge >= 0.3 is 0 Å². The molecule has 2 heterocycles. The Morgan fingerprint density at radius 2 is 1.69 bits per heavy atom. The van der Waals surface area contributed by atoms with Crippen LogP contribution in [0.1, 0.15) is 64.7 Å². The van der Waals surface area contributed by atoms with Crippen LogP contribution in [0.25, 0.3) is 11.0 Å². The number of fused-ring (bicyclic) bond motifs is 2. The average molecular weight is 530 g/mol. The van der Waals surface area contributed by atoms with Crippen molar-refractivity contribution in [2.24, 2.45) is 5.92 Å². The van der Waals surface area contributed by atoms with E-state index in [9.17, 15) is 14.0 Å². The van der Waals surface area contributed by atoms with E-state index in [0.717, 1.165) is 23.1 Å². The van der Waals surface area contributed by atoms with Gasteiger partial charge in [-0.2, -0.15) is 0 Å². The largest absolute Gasteiger partial charge is 0.493 e. The monoisotopic (exact) mass is 529 g/mol. The van der Waals surface area contributed by atoms with E-state index in [-0.39, 0.29) is 29.1 Å². The van der Waals surface area contributed by atoms with Gasteiger partial charge in [0.1, 0.15) is 11.4 Å². The van der Waals surface area contributed by atoms with Crippen LogP contribution in [-0.4, -0.2) is 24.5 Å². The van der Waals surface area contributed by atoms with Crippen LogP contribution in [0.3, 0.4) is 0 Å². The molecule has 0 saturated carbocycles. The van der Waals surface area contributed by atoms with Crippen molar-refractivity contribution in [3.63, 3.8) is 0 Å². The van der Waals surface area contributed by atoms with Gasteiger partial charge in [0.25, 0.3) is 5.91 Å². The molecule has 1 aromatic heterocycles.